The van der Waals surface area contributed by atoms with Crippen LogP contribution in [0.3, 0.4) is 0 Å². The van der Waals surface area contributed by atoms with E-state index in [0.29, 0.717) is 18.8 Å². The van der Waals surface area contributed by atoms with Gasteiger partial charge in [0.2, 0.25) is 0 Å². The summed E-state index contributed by atoms with van der Waals surface area (Å²) in [6.07, 6.45) is -0.0534. The molecule has 5 nitrogen and oxygen atoms in total. The van der Waals surface area contributed by atoms with Gasteiger partial charge in [-0.3, -0.25) is 4.98 Å². The lowest BCUT2D eigenvalue weighted by Gasteiger charge is -2.20. The van der Waals surface area contributed by atoms with Crippen molar-refractivity contribution in [2.75, 3.05) is 6.54 Å². The fourth-order valence-corrected chi connectivity index (χ4v) is 2.12. The maximum absolute atomic E-state index is 13.1. The molecule has 0 amide bonds. The molecule has 0 unspecified atom stereocenters. The van der Waals surface area contributed by atoms with Crippen LogP contribution in [0.2, 0.25) is 0 Å². The molecule has 0 spiro atoms. The van der Waals surface area contributed by atoms with Crippen LogP contribution in [-0.4, -0.2) is 26.5 Å². The summed E-state index contributed by atoms with van der Waals surface area (Å²) in [6, 6.07) is 0. The number of alkyl halides is 3. The summed E-state index contributed by atoms with van der Waals surface area (Å²) in [6.45, 7) is 0.790. The molecular formula is C12H10F3N5. The van der Waals surface area contributed by atoms with Crippen LogP contribution in [0.1, 0.15) is 17.0 Å². The third kappa shape index (κ3) is 2.34. The van der Waals surface area contributed by atoms with E-state index in [2.05, 4.69) is 25.3 Å². The van der Waals surface area contributed by atoms with Crippen LogP contribution < -0.4 is 5.32 Å². The minimum atomic E-state index is -4.50. The molecule has 3 rings (SSSR count). The second-order valence-electron chi connectivity index (χ2n) is 4.34. The van der Waals surface area contributed by atoms with Crippen molar-refractivity contribution >= 4 is 0 Å². The van der Waals surface area contributed by atoms with Crippen LogP contribution in [0.15, 0.2) is 18.6 Å². The van der Waals surface area contributed by atoms with Gasteiger partial charge in [0.15, 0.2) is 11.5 Å². The zero-order chi connectivity index (χ0) is 14.2. The smallest absolute Gasteiger partial charge is 0.311 e. The maximum Gasteiger partial charge on any atom is 0.433 e. The summed E-state index contributed by atoms with van der Waals surface area (Å²) in [5, 5.41) is 3.00. The van der Waals surface area contributed by atoms with Crippen LogP contribution in [0.5, 0.6) is 0 Å². The largest absolute Gasteiger partial charge is 0.433 e. The van der Waals surface area contributed by atoms with Crippen molar-refractivity contribution in [1.29, 1.82) is 0 Å². The van der Waals surface area contributed by atoms with E-state index >= 15 is 0 Å². The zero-order valence-corrected chi connectivity index (χ0v) is 10.3. The van der Waals surface area contributed by atoms with E-state index in [0.717, 1.165) is 0 Å². The monoisotopic (exact) mass is 281 g/mol. The summed E-state index contributed by atoms with van der Waals surface area (Å²) in [5.74, 6) is -0.0483. The molecule has 0 aromatic carbocycles. The molecule has 1 aliphatic rings. The Labute approximate surface area is 112 Å². The average Bonchev–Trinajstić information content (AvgIpc) is 2.46. The number of nitrogens with one attached hydrogen (secondary N) is 1. The lowest BCUT2D eigenvalue weighted by atomic mass is 10.0. The normalized spacial score (nSPS) is 14.9. The SMILES string of the molecule is FC(F)(F)c1nc(-c2cnccn2)nc2c1CCNC2. The Morgan fingerprint density at radius 1 is 1.15 bits per heavy atom. The van der Waals surface area contributed by atoms with Gasteiger partial charge in [-0.25, -0.2) is 15.0 Å². The van der Waals surface area contributed by atoms with Gasteiger partial charge in [0.05, 0.1) is 11.9 Å². The number of halogens is 3. The molecule has 0 aliphatic carbocycles. The average molecular weight is 281 g/mol. The first-order chi connectivity index (χ1) is 9.55. The van der Waals surface area contributed by atoms with E-state index in [4.69, 9.17) is 0 Å². The number of nitrogens with zero attached hydrogens (tertiary/aromatic N) is 4. The van der Waals surface area contributed by atoms with Crippen LogP contribution in [0, 0.1) is 0 Å². The molecule has 8 heteroatoms. The Balaban J connectivity index is 2.19. The van der Waals surface area contributed by atoms with Gasteiger partial charge in [-0.15, -0.1) is 0 Å². The van der Waals surface area contributed by atoms with Gasteiger partial charge in [-0.1, -0.05) is 0 Å². The van der Waals surface area contributed by atoms with Crippen molar-refractivity contribution in [3.05, 3.63) is 35.5 Å². The van der Waals surface area contributed by atoms with Crippen molar-refractivity contribution in [3.8, 4) is 11.5 Å². The predicted octanol–water partition coefficient (Wildman–Crippen LogP) is 1.60. The van der Waals surface area contributed by atoms with Crippen molar-refractivity contribution in [3.63, 3.8) is 0 Å². The van der Waals surface area contributed by atoms with Gasteiger partial charge >= 0.3 is 6.18 Å². The van der Waals surface area contributed by atoms with Crippen molar-refractivity contribution in [2.45, 2.75) is 19.1 Å². The Morgan fingerprint density at radius 3 is 2.70 bits per heavy atom. The highest BCUT2D eigenvalue weighted by Crippen LogP contribution is 2.33. The zero-order valence-electron chi connectivity index (χ0n) is 10.3. The Hall–Kier alpha value is -2.09. The second-order valence-corrected chi connectivity index (χ2v) is 4.34. The number of aromatic nitrogens is 4. The van der Waals surface area contributed by atoms with Gasteiger partial charge in [-0.05, 0) is 13.0 Å². The van der Waals surface area contributed by atoms with Crippen molar-refractivity contribution in [1.82, 2.24) is 25.3 Å². The summed E-state index contributed by atoms with van der Waals surface area (Å²) in [7, 11) is 0. The van der Waals surface area contributed by atoms with E-state index in [1.165, 1.54) is 18.6 Å². The van der Waals surface area contributed by atoms with E-state index in [1.807, 2.05) is 0 Å². The maximum atomic E-state index is 13.1. The molecule has 1 N–H and O–H groups in total. The van der Waals surface area contributed by atoms with Crippen LogP contribution in [0.25, 0.3) is 11.5 Å². The summed E-state index contributed by atoms with van der Waals surface area (Å²) < 4.78 is 39.4. The number of fused-ring (bicyclic) bond motifs is 1. The van der Waals surface area contributed by atoms with Crippen molar-refractivity contribution in [2.24, 2.45) is 0 Å². The van der Waals surface area contributed by atoms with E-state index in [1.54, 1.807) is 0 Å². The molecule has 0 bridgehead atoms. The topological polar surface area (TPSA) is 63.6 Å². The first-order valence-electron chi connectivity index (χ1n) is 6.00. The Morgan fingerprint density at radius 2 is 2.00 bits per heavy atom. The predicted molar refractivity (Wildman–Crippen MR) is 63.5 cm³/mol. The summed E-state index contributed by atoms with van der Waals surface area (Å²) in [5.41, 5.74) is -0.0980. The van der Waals surface area contributed by atoms with Gasteiger partial charge in [0, 0.05) is 24.5 Å². The molecule has 2 aromatic rings. The number of hydrogen-bond donors (Lipinski definition) is 1. The fourth-order valence-electron chi connectivity index (χ4n) is 2.12. The third-order valence-corrected chi connectivity index (χ3v) is 3.00. The lowest BCUT2D eigenvalue weighted by molar-refractivity contribution is -0.142. The van der Waals surface area contributed by atoms with Gasteiger partial charge in [-0.2, -0.15) is 13.2 Å². The van der Waals surface area contributed by atoms with E-state index in [9.17, 15) is 13.2 Å². The molecule has 0 saturated heterocycles. The van der Waals surface area contributed by atoms with Gasteiger partial charge < -0.3 is 5.32 Å². The quantitative estimate of drug-likeness (QED) is 0.860. The second kappa shape index (κ2) is 4.78. The first-order valence-corrected chi connectivity index (χ1v) is 6.00. The molecule has 3 heterocycles. The van der Waals surface area contributed by atoms with Gasteiger partial charge in [0.1, 0.15) is 5.69 Å². The standard InChI is InChI=1S/C12H10F3N5/c13-12(14,15)10-7-1-2-16-5-8(7)19-11(20-10)9-6-17-3-4-18-9/h3-4,6,16H,1-2,5H2. The van der Waals surface area contributed by atoms with Crippen LogP contribution in [0.4, 0.5) is 13.2 Å². The highest BCUT2D eigenvalue weighted by Gasteiger charge is 2.38. The van der Waals surface area contributed by atoms with E-state index in [-0.39, 0.29) is 23.5 Å². The third-order valence-electron chi connectivity index (χ3n) is 3.00. The first kappa shape index (κ1) is 12.9. The summed E-state index contributed by atoms with van der Waals surface area (Å²) >= 11 is 0. The van der Waals surface area contributed by atoms with E-state index < -0.39 is 11.9 Å². The lowest BCUT2D eigenvalue weighted by Crippen LogP contribution is -2.29. The minimum Gasteiger partial charge on any atom is -0.311 e. The molecule has 104 valence electrons. The molecule has 20 heavy (non-hydrogen) atoms. The molecule has 2 aromatic heterocycles. The highest BCUT2D eigenvalue weighted by molar-refractivity contribution is 5.49. The van der Waals surface area contributed by atoms with Crippen LogP contribution in [-0.2, 0) is 19.1 Å². The fraction of sp³-hybridized carbons (Fsp3) is 0.333. The molecule has 0 fully saturated rings. The summed E-state index contributed by atoms with van der Waals surface area (Å²) in [4.78, 5) is 15.6. The molecular weight excluding hydrogens is 271 g/mol. The molecule has 1 aliphatic heterocycles. The number of hydrogen-bond acceptors (Lipinski definition) is 5. The highest BCUT2D eigenvalue weighted by atomic mass is 19.4. The molecule has 0 atom stereocenters. The molecule has 0 saturated carbocycles. The number of rotatable bonds is 1. The minimum absolute atomic E-state index is 0.0483. The Kier molecular flexibility index (Phi) is 3.09. The van der Waals surface area contributed by atoms with Gasteiger partial charge in [0.25, 0.3) is 0 Å². The van der Waals surface area contributed by atoms with Crippen LogP contribution >= 0.6 is 0 Å². The van der Waals surface area contributed by atoms with Crippen molar-refractivity contribution < 1.29 is 13.2 Å². The molecule has 0 radical (unpaired) electrons. The Bertz CT molecular complexity index is 627.